The van der Waals surface area contributed by atoms with Crippen molar-refractivity contribution in [2.75, 3.05) is 0 Å². The van der Waals surface area contributed by atoms with Crippen LogP contribution in [0.1, 0.15) is 11.3 Å². The minimum absolute atomic E-state index is 0.212. The van der Waals surface area contributed by atoms with E-state index in [0.29, 0.717) is 10.7 Å². The van der Waals surface area contributed by atoms with Crippen LogP contribution in [0.4, 0.5) is 0 Å². The molecule has 0 N–H and O–H groups in total. The van der Waals surface area contributed by atoms with E-state index in [1.807, 2.05) is 31.2 Å². The maximum absolute atomic E-state index is 11.9. The largest absolute Gasteiger partial charge is 0.296 e. The van der Waals surface area contributed by atoms with Gasteiger partial charge < -0.3 is 0 Å². The van der Waals surface area contributed by atoms with Crippen LogP contribution in [-0.4, -0.2) is 19.8 Å². The zero-order chi connectivity index (χ0) is 12.7. The fourth-order valence-corrected chi connectivity index (χ4v) is 2.64. The van der Waals surface area contributed by atoms with E-state index >= 15 is 0 Å². The van der Waals surface area contributed by atoms with E-state index in [1.54, 1.807) is 6.92 Å². The molecule has 1 aromatic carbocycles. The van der Waals surface area contributed by atoms with Gasteiger partial charge in [-0.15, -0.1) is 10.2 Å². The third-order valence-corrected chi connectivity index (χ3v) is 3.65. The first-order valence-electron chi connectivity index (χ1n) is 5.46. The van der Waals surface area contributed by atoms with Crippen LogP contribution in [0.2, 0.25) is 0 Å². The Morgan fingerprint density at radius 1 is 1.17 bits per heavy atom. The molecule has 6 heteroatoms. The van der Waals surface area contributed by atoms with Gasteiger partial charge in [0.25, 0.3) is 5.56 Å². The lowest BCUT2D eigenvalue weighted by atomic mass is 10.1. The molecular weight excluding hydrogens is 248 g/mol. The molecule has 0 radical (unpaired) electrons. The number of aryl methyl sites for hydroxylation is 2. The molecule has 0 amide bonds. The number of hydrogen-bond acceptors (Lipinski definition) is 5. The molecule has 3 rings (SSSR count). The van der Waals surface area contributed by atoms with Gasteiger partial charge in [-0.2, -0.15) is 9.61 Å². The van der Waals surface area contributed by atoms with Gasteiger partial charge in [-0.25, -0.2) is 0 Å². The number of nitrogens with zero attached hydrogens (tertiary/aromatic N) is 4. The molecule has 90 valence electrons. The van der Waals surface area contributed by atoms with Gasteiger partial charge >= 0.3 is 0 Å². The van der Waals surface area contributed by atoms with Gasteiger partial charge in [0.2, 0.25) is 4.96 Å². The number of fused-ring (bicyclic) bond motifs is 1. The molecule has 5 nitrogen and oxygen atoms in total. The molecule has 0 aliphatic carbocycles. The molecule has 0 fully saturated rings. The molecule has 0 saturated heterocycles. The summed E-state index contributed by atoms with van der Waals surface area (Å²) in [5.41, 5.74) is 2.28. The maximum Gasteiger partial charge on any atom is 0.296 e. The van der Waals surface area contributed by atoms with Gasteiger partial charge in [0.05, 0.1) is 0 Å². The third-order valence-electron chi connectivity index (χ3n) is 2.72. The molecule has 0 unspecified atom stereocenters. The molecule has 2 heterocycles. The standard InChI is InChI=1S/C12H10N4OS/c1-7-5-3-4-6-9(7)10-15-16-11(17)8(2)13-14-12(16)18-10/h3-6H,1-2H3. The molecule has 2 aromatic heterocycles. The lowest BCUT2D eigenvalue weighted by Gasteiger charge is -1.98. The van der Waals surface area contributed by atoms with E-state index in [9.17, 15) is 4.79 Å². The molecule has 3 aromatic rings. The predicted molar refractivity (Wildman–Crippen MR) is 69.8 cm³/mol. The van der Waals surface area contributed by atoms with E-state index in [2.05, 4.69) is 15.3 Å². The highest BCUT2D eigenvalue weighted by Crippen LogP contribution is 2.26. The summed E-state index contributed by atoms with van der Waals surface area (Å²) in [6, 6.07) is 7.93. The molecule has 0 atom stereocenters. The summed E-state index contributed by atoms with van der Waals surface area (Å²) < 4.78 is 1.31. The zero-order valence-corrected chi connectivity index (χ0v) is 10.7. The summed E-state index contributed by atoms with van der Waals surface area (Å²) in [5, 5.41) is 12.9. The van der Waals surface area contributed by atoms with Crippen LogP contribution < -0.4 is 5.56 Å². The van der Waals surface area contributed by atoms with Crippen molar-refractivity contribution in [2.45, 2.75) is 13.8 Å². The van der Waals surface area contributed by atoms with Gasteiger partial charge in [0.15, 0.2) is 0 Å². The van der Waals surface area contributed by atoms with Crippen molar-refractivity contribution in [3.63, 3.8) is 0 Å². The Morgan fingerprint density at radius 2 is 1.94 bits per heavy atom. The minimum atomic E-state index is -0.212. The average molecular weight is 258 g/mol. The Labute approximate surface area is 107 Å². The highest BCUT2D eigenvalue weighted by Gasteiger charge is 2.11. The Morgan fingerprint density at radius 3 is 2.72 bits per heavy atom. The molecule has 0 aliphatic rings. The van der Waals surface area contributed by atoms with Gasteiger partial charge in [-0.1, -0.05) is 35.6 Å². The average Bonchev–Trinajstić information content (AvgIpc) is 2.79. The summed E-state index contributed by atoms with van der Waals surface area (Å²) in [6.45, 7) is 3.65. The highest BCUT2D eigenvalue weighted by molar-refractivity contribution is 7.19. The monoisotopic (exact) mass is 258 g/mol. The Hall–Kier alpha value is -2.08. The summed E-state index contributed by atoms with van der Waals surface area (Å²) in [4.78, 5) is 12.4. The second-order valence-corrected chi connectivity index (χ2v) is 4.96. The number of benzene rings is 1. The molecule has 0 bridgehead atoms. The number of rotatable bonds is 1. The van der Waals surface area contributed by atoms with Crippen molar-refractivity contribution in [1.29, 1.82) is 0 Å². The number of hydrogen-bond donors (Lipinski definition) is 0. The highest BCUT2D eigenvalue weighted by atomic mass is 32.1. The van der Waals surface area contributed by atoms with Gasteiger partial charge in [0.1, 0.15) is 10.7 Å². The fourth-order valence-electron chi connectivity index (χ4n) is 1.71. The SMILES string of the molecule is Cc1ccccc1-c1nn2c(=O)c(C)nnc2s1. The lowest BCUT2D eigenvalue weighted by Crippen LogP contribution is -2.19. The second-order valence-electron chi connectivity index (χ2n) is 4.01. The fraction of sp³-hybridized carbons (Fsp3) is 0.167. The quantitative estimate of drug-likeness (QED) is 0.668. The van der Waals surface area contributed by atoms with Crippen molar-refractivity contribution in [3.8, 4) is 10.6 Å². The van der Waals surface area contributed by atoms with Crippen molar-refractivity contribution < 1.29 is 0 Å². The van der Waals surface area contributed by atoms with E-state index in [4.69, 9.17) is 0 Å². The summed E-state index contributed by atoms with van der Waals surface area (Å²) in [7, 11) is 0. The summed E-state index contributed by atoms with van der Waals surface area (Å²) >= 11 is 1.37. The van der Waals surface area contributed by atoms with E-state index < -0.39 is 0 Å². The van der Waals surface area contributed by atoms with Crippen LogP contribution in [-0.2, 0) is 0 Å². The van der Waals surface area contributed by atoms with Crippen molar-refractivity contribution in [3.05, 3.63) is 45.9 Å². The van der Waals surface area contributed by atoms with E-state index in [0.717, 1.165) is 16.1 Å². The molecule has 0 spiro atoms. The first kappa shape index (κ1) is 11.0. The van der Waals surface area contributed by atoms with E-state index in [-0.39, 0.29) is 5.56 Å². The zero-order valence-electron chi connectivity index (χ0n) is 9.91. The van der Waals surface area contributed by atoms with Crippen LogP contribution in [0.25, 0.3) is 15.5 Å². The van der Waals surface area contributed by atoms with Crippen LogP contribution in [0, 0.1) is 13.8 Å². The predicted octanol–water partition coefficient (Wildman–Crippen LogP) is 1.83. The normalized spacial score (nSPS) is 11.0. The van der Waals surface area contributed by atoms with Crippen molar-refractivity contribution >= 4 is 16.3 Å². The van der Waals surface area contributed by atoms with Gasteiger partial charge in [-0.3, -0.25) is 4.79 Å². The molecule has 18 heavy (non-hydrogen) atoms. The maximum atomic E-state index is 11.9. The van der Waals surface area contributed by atoms with Gasteiger partial charge in [-0.05, 0) is 19.4 Å². The number of aromatic nitrogens is 4. The Balaban J connectivity index is 2.30. The van der Waals surface area contributed by atoms with Crippen molar-refractivity contribution in [1.82, 2.24) is 19.8 Å². The molecule has 0 saturated carbocycles. The Bertz CT molecular complexity index is 790. The summed E-state index contributed by atoms with van der Waals surface area (Å²) in [6.07, 6.45) is 0. The first-order valence-corrected chi connectivity index (χ1v) is 6.27. The molecule has 0 aliphatic heterocycles. The Kier molecular flexibility index (Phi) is 2.45. The van der Waals surface area contributed by atoms with Crippen LogP contribution in [0.15, 0.2) is 29.1 Å². The lowest BCUT2D eigenvalue weighted by molar-refractivity contribution is 0.829. The second kappa shape index (κ2) is 3.99. The first-order chi connectivity index (χ1) is 8.66. The topological polar surface area (TPSA) is 60.2 Å². The van der Waals surface area contributed by atoms with E-state index in [1.165, 1.54) is 15.9 Å². The van der Waals surface area contributed by atoms with Crippen molar-refractivity contribution in [2.24, 2.45) is 0 Å². The van der Waals surface area contributed by atoms with Gasteiger partial charge in [0, 0.05) is 5.56 Å². The minimum Gasteiger partial charge on any atom is -0.265 e. The van der Waals surface area contributed by atoms with Crippen LogP contribution in [0.5, 0.6) is 0 Å². The smallest absolute Gasteiger partial charge is 0.265 e. The van der Waals surface area contributed by atoms with Crippen LogP contribution >= 0.6 is 11.3 Å². The summed E-state index contributed by atoms with van der Waals surface area (Å²) in [5.74, 6) is 0. The van der Waals surface area contributed by atoms with Crippen LogP contribution in [0.3, 0.4) is 0 Å². The third kappa shape index (κ3) is 1.62. The molecular formula is C12H10N4OS.